The Hall–Kier alpha value is -2.20. The Balaban J connectivity index is 1.35. The average molecular weight is 558 g/mol. The molecule has 0 amide bonds. The number of hydrogen-bond donors (Lipinski definition) is 1. The largest absolute Gasteiger partial charge is 0.465 e. The Morgan fingerprint density at radius 2 is 1.68 bits per heavy atom. The molecule has 222 valence electrons. The molecule has 1 aromatic rings. The van der Waals surface area contributed by atoms with Crippen molar-refractivity contribution >= 4 is 17.8 Å². The molecule has 41 heavy (non-hydrogen) atoms. The van der Waals surface area contributed by atoms with Gasteiger partial charge in [-0.1, -0.05) is 58.1 Å². The predicted octanol–water partition coefficient (Wildman–Crippen LogP) is 8.01. The molecule has 0 spiro atoms. The van der Waals surface area contributed by atoms with E-state index < -0.39 is 0 Å². The van der Waals surface area contributed by atoms with Gasteiger partial charge < -0.3 is 15.3 Å². The number of benzene rings is 1. The van der Waals surface area contributed by atoms with Crippen molar-refractivity contribution in [3.05, 3.63) is 53.6 Å². The summed E-state index contributed by atoms with van der Waals surface area (Å²) < 4.78 is 4.92. The molecular weight excluding hydrogens is 506 g/mol. The molecule has 0 radical (unpaired) electrons. The Labute approximate surface area is 247 Å². The van der Waals surface area contributed by atoms with E-state index in [0.717, 1.165) is 44.9 Å². The lowest BCUT2D eigenvalue weighted by Gasteiger charge is -2.71. The maximum atomic E-state index is 12.7. The minimum Gasteiger partial charge on any atom is -0.465 e. The van der Waals surface area contributed by atoms with E-state index in [4.69, 9.17) is 10.5 Å². The van der Waals surface area contributed by atoms with Crippen LogP contribution in [0.3, 0.4) is 0 Å². The fraction of sp³-hybridized carbons (Fsp3) is 0.676. The van der Waals surface area contributed by atoms with Crippen LogP contribution in [0.1, 0.15) is 108 Å². The van der Waals surface area contributed by atoms with E-state index in [1.165, 1.54) is 42.9 Å². The fourth-order valence-electron chi connectivity index (χ4n) is 12.1. The summed E-state index contributed by atoms with van der Waals surface area (Å²) in [5, 5.41) is 0. The number of allylic oxidation sites excluding steroid dienone is 3. The number of carbonyl (C=O) groups excluding carboxylic acids is 2. The van der Waals surface area contributed by atoms with Crippen molar-refractivity contribution in [2.75, 3.05) is 7.11 Å². The molecular formula is C37H51NO3. The lowest BCUT2D eigenvalue weighted by molar-refractivity contribution is -0.191. The Morgan fingerprint density at radius 3 is 2.32 bits per heavy atom. The van der Waals surface area contributed by atoms with Crippen LogP contribution in [0, 0.1) is 51.2 Å². The van der Waals surface area contributed by atoms with E-state index >= 15 is 0 Å². The fourth-order valence-corrected chi connectivity index (χ4v) is 12.1. The summed E-state index contributed by atoms with van der Waals surface area (Å²) in [4.78, 5) is 24.7. The van der Waals surface area contributed by atoms with Crippen LogP contribution in [0.4, 0.5) is 0 Å². The van der Waals surface area contributed by atoms with Crippen molar-refractivity contribution in [1.82, 2.24) is 0 Å². The summed E-state index contributed by atoms with van der Waals surface area (Å²) in [6.07, 6.45) is 13.6. The molecule has 0 aromatic heterocycles. The Bertz CT molecular complexity index is 1290. The van der Waals surface area contributed by atoms with Crippen molar-refractivity contribution in [2.24, 2.45) is 57.0 Å². The third-order valence-electron chi connectivity index (χ3n) is 14.1. The maximum absolute atomic E-state index is 12.7. The molecule has 2 N–H and O–H groups in total. The van der Waals surface area contributed by atoms with E-state index in [1.807, 2.05) is 12.1 Å². The highest BCUT2D eigenvalue weighted by Gasteiger charge is 2.71. The predicted molar refractivity (Wildman–Crippen MR) is 165 cm³/mol. The number of methoxy groups -OCH3 is 1. The van der Waals surface area contributed by atoms with Crippen molar-refractivity contribution in [2.45, 2.75) is 97.9 Å². The Morgan fingerprint density at radius 1 is 0.976 bits per heavy atom. The van der Waals surface area contributed by atoms with Gasteiger partial charge in [-0.3, -0.25) is 0 Å². The van der Waals surface area contributed by atoms with Crippen LogP contribution in [-0.4, -0.2) is 24.9 Å². The zero-order valence-corrected chi connectivity index (χ0v) is 26.2. The van der Waals surface area contributed by atoms with E-state index in [1.54, 1.807) is 0 Å². The van der Waals surface area contributed by atoms with Crippen molar-refractivity contribution < 1.29 is 14.3 Å². The third-order valence-corrected chi connectivity index (χ3v) is 14.1. The number of fused-ring (bicyclic) bond motifs is 7. The van der Waals surface area contributed by atoms with Gasteiger partial charge in [-0.05, 0) is 134 Å². The number of hydrogen-bond acceptors (Lipinski definition) is 4. The van der Waals surface area contributed by atoms with Gasteiger partial charge in [0.05, 0.1) is 12.7 Å². The second-order valence-electron chi connectivity index (χ2n) is 15.8. The van der Waals surface area contributed by atoms with Gasteiger partial charge in [0, 0.05) is 11.0 Å². The van der Waals surface area contributed by atoms with Gasteiger partial charge in [0.2, 0.25) is 0 Å². The summed E-state index contributed by atoms with van der Waals surface area (Å²) in [5.41, 5.74) is 12.1. The van der Waals surface area contributed by atoms with E-state index in [9.17, 15) is 9.59 Å². The van der Waals surface area contributed by atoms with E-state index in [2.05, 4.69) is 59.4 Å². The zero-order valence-electron chi connectivity index (χ0n) is 26.2. The number of carbonyl (C=O) groups is 2. The monoisotopic (exact) mass is 557 g/mol. The molecule has 0 aliphatic heterocycles. The SMILES string of the molecule is C=C(C)[C@@H]1CCC2(C=O)CC[C@]3(N)[C@H](CC[C@@H]4[C@@]5(C)CC=C(c6ccc(C(=O)OC)cc6)C(C)(C)[C@@H]5CC[C@]43C)[C@@H]12. The zero-order chi connectivity index (χ0) is 29.6. The molecule has 0 saturated heterocycles. The van der Waals surface area contributed by atoms with Crippen LogP contribution >= 0.6 is 0 Å². The molecule has 1 unspecified atom stereocenters. The summed E-state index contributed by atoms with van der Waals surface area (Å²) >= 11 is 0. The standard InChI is InChI=1S/C37H51NO3/c1-23(2)26-14-19-36(22-39)20-21-37(38)28(31(26)36)12-13-30-34(5)17-15-27(24-8-10-25(11-9-24)32(40)41-7)33(3,4)29(34)16-18-35(30,37)6/h8-11,15,22,26,28-31H,1,12-14,16-21,38H2,2-7H3/t26-,28+,29-,30+,31+,34-,35+,36?,37-/m0/s1. The smallest absolute Gasteiger partial charge is 0.337 e. The number of esters is 1. The van der Waals surface area contributed by atoms with E-state index in [0.29, 0.717) is 35.2 Å². The molecule has 0 bridgehead atoms. The van der Waals surface area contributed by atoms with E-state index in [-0.39, 0.29) is 33.2 Å². The van der Waals surface area contributed by atoms with Crippen LogP contribution in [-0.2, 0) is 9.53 Å². The quantitative estimate of drug-likeness (QED) is 0.231. The Kier molecular flexibility index (Phi) is 6.62. The van der Waals surface area contributed by atoms with Gasteiger partial charge >= 0.3 is 5.97 Å². The third kappa shape index (κ3) is 3.74. The normalized spacial score (nSPS) is 44.4. The molecule has 5 aliphatic carbocycles. The molecule has 1 aromatic carbocycles. The topological polar surface area (TPSA) is 69.4 Å². The molecule has 4 fully saturated rings. The highest BCUT2D eigenvalue weighted by molar-refractivity contribution is 5.90. The maximum Gasteiger partial charge on any atom is 0.337 e. The van der Waals surface area contributed by atoms with Gasteiger partial charge in [0.25, 0.3) is 0 Å². The number of rotatable bonds is 4. The number of nitrogens with two attached hydrogens (primary N) is 1. The van der Waals surface area contributed by atoms with Crippen LogP contribution in [0.15, 0.2) is 42.5 Å². The van der Waals surface area contributed by atoms with Crippen molar-refractivity contribution in [3.8, 4) is 0 Å². The lowest BCUT2D eigenvalue weighted by Crippen LogP contribution is -2.73. The molecule has 9 atom stereocenters. The summed E-state index contributed by atoms with van der Waals surface area (Å²) in [6, 6.07) is 7.98. The first-order valence-electron chi connectivity index (χ1n) is 16.1. The highest BCUT2D eigenvalue weighted by atomic mass is 16.5. The first kappa shape index (κ1) is 28.9. The van der Waals surface area contributed by atoms with Crippen LogP contribution in [0.5, 0.6) is 0 Å². The second kappa shape index (κ2) is 9.40. The van der Waals surface area contributed by atoms with Crippen LogP contribution in [0.2, 0.25) is 0 Å². The minimum atomic E-state index is -0.292. The summed E-state index contributed by atoms with van der Waals surface area (Å²) in [7, 11) is 1.43. The summed E-state index contributed by atoms with van der Waals surface area (Å²) in [5.74, 6) is 1.98. The van der Waals surface area contributed by atoms with Crippen molar-refractivity contribution in [1.29, 1.82) is 0 Å². The summed E-state index contributed by atoms with van der Waals surface area (Å²) in [6.45, 7) is 16.6. The number of aldehydes is 1. The highest BCUT2D eigenvalue weighted by Crippen LogP contribution is 2.74. The molecule has 6 rings (SSSR count). The van der Waals surface area contributed by atoms with Crippen LogP contribution in [0.25, 0.3) is 5.57 Å². The first-order valence-corrected chi connectivity index (χ1v) is 16.1. The van der Waals surface area contributed by atoms with Gasteiger partial charge in [-0.15, -0.1) is 0 Å². The van der Waals surface area contributed by atoms with Gasteiger partial charge in [-0.25, -0.2) is 4.79 Å². The van der Waals surface area contributed by atoms with Gasteiger partial charge in [0.1, 0.15) is 6.29 Å². The van der Waals surface area contributed by atoms with Gasteiger partial charge in [-0.2, -0.15) is 0 Å². The lowest BCUT2D eigenvalue weighted by atomic mass is 9.34. The minimum absolute atomic E-state index is 0.00938. The molecule has 4 saturated carbocycles. The average Bonchev–Trinajstić information content (AvgIpc) is 3.33. The molecule has 4 nitrogen and oxygen atoms in total. The molecule has 0 heterocycles. The number of ether oxygens (including phenoxy) is 1. The van der Waals surface area contributed by atoms with Crippen molar-refractivity contribution in [3.63, 3.8) is 0 Å². The molecule has 4 heteroatoms. The second-order valence-corrected chi connectivity index (χ2v) is 15.8. The van der Waals surface area contributed by atoms with Crippen LogP contribution < -0.4 is 5.73 Å². The van der Waals surface area contributed by atoms with Gasteiger partial charge in [0.15, 0.2) is 0 Å². The molecule has 5 aliphatic rings. The first-order chi connectivity index (χ1) is 19.3.